The Kier molecular flexibility index (Phi) is 13.4. The molecular weight excluding hydrogens is 484 g/mol. The van der Waals surface area contributed by atoms with Gasteiger partial charge in [0.25, 0.3) is 0 Å². The van der Waals surface area contributed by atoms with E-state index in [-0.39, 0.29) is 23.1 Å². The summed E-state index contributed by atoms with van der Waals surface area (Å²) in [5.74, 6) is 1.63. The van der Waals surface area contributed by atoms with Crippen LogP contribution in [0.15, 0.2) is 48.8 Å². The van der Waals surface area contributed by atoms with Crippen molar-refractivity contribution in [3.63, 3.8) is 0 Å². The van der Waals surface area contributed by atoms with Crippen molar-refractivity contribution >= 4 is 23.5 Å². The Hall–Kier alpha value is -2.76. The van der Waals surface area contributed by atoms with Crippen molar-refractivity contribution in [2.24, 2.45) is 11.3 Å². The second kappa shape index (κ2) is 17.0. The number of anilines is 2. The number of hydrogen-bond donors (Lipinski definition) is 1. The van der Waals surface area contributed by atoms with Gasteiger partial charge in [0.05, 0.1) is 0 Å². The van der Waals surface area contributed by atoms with Crippen LogP contribution in [-0.4, -0.2) is 28.3 Å². The van der Waals surface area contributed by atoms with Crippen LogP contribution in [0.25, 0.3) is 0 Å². The van der Waals surface area contributed by atoms with E-state index in [0.29, 0.717) is 18.8 Å². The smallest absolute Gasteiger partial charge is 0.229 e. The Balaban J connectivity index is 1.60. The predicted molar refractivity (Wildman–Crippen MR) is 161 cm³/mol. The van der Waals surface area contributed by atoms with Gasteiger partial charge < -0.3 is 5.32 Å². The highest BCUT2D eigenvalue weighted by atomic mass is 16.2. The minimum Gasteiger partial charge on any atom is -0.310 e. The highest BCUT2D eigenvalue weighted by Gasteiger charge is 2.38. The van der Waals surface area contributed by atoms with Crippen LogP contribution < -0.4 is 10.2 Å². The van der Waals surface area contributed by atoms with E-state index in [2.05, 4.69) is 29.1 Å². The maximum atomic E-state index is 13.6. The summed E-state index contributed by atoms with van der Waals surface area (Å²) >= 11 is 0. The fourth-order valence-corrected chi connectivity index (χ4v) is 6.08. The molecule has 0 bridgehead atoms. The molecule has 2 atom stereocenters. The normalized spacial score (nSPS) is 20.8. The second-order valence-electron chi connectivity index (χ2n) is 11.6. The largest absolute Gasteiger partial charge is 0.310 e. The van der Waals surface area contributed by atoms with Gasteiger partial charge in [-0.05, 0) is 61.8 Å². The molecule has 214 valence electrons. The Morgan fingerprint density at radius 2 is 1.59 bits per heavy atom. The van der Waals surface area contributed by atoms with Crippen LogP contribution in [0.1, 0.15) is 117 Å². The van der Waals surface area contributed by atoms with E-state index in [9.17, 15) is 9.59 Å². The van der Waals surface area contributed by atoms with Crippen molar-refractivity contribution in [2.75, 3.05) is 16.8 Å². The quantitative estimate of drug-likeness (QED) is 0.294. The zero-order valence-electron chi connectivity index (χ0n) is 24.4. The number of unbranched alkanes of at least 4 members (excludes halogenated alkanes) is 2. The lowest BCUT2D eigenvalue weighted by Gasteiger charge is -2.38. The second-order valence-corrected chi connectivity index (χ2v) is 11.6. The fraction of sp³-hybridized carbons (Fsp3) is 0.636. The fourth-order valence-electron chi connectivity index (χ4n) is 6.08. The van der Waals surface area contributed by atoms with Gasteiger partial charge in [-0.25, -0.2) is 9.97 Å². The SMILES string of the molecule is CCCN(C(=O)CCCCCC1(C)CCCCCCCCCCC1C(=O)Nc1ccccn1)c1ccccn1. The number of pyridine rings is 2. The van der Waals surface area contributed by atoms with E-state index in [4.69, 9.17) is 0 Å². The molecule has 0 saturated heterocycles. The molecule has 6 nitrogen and oxygen atoms in total. The van der Waals surface area contributed by atoms with Crippen molar-refractivity contribution in [1.29, 1.82) is 0 Å². The molecular formula is C33H50N4O2. The highest BCUT2D eigenvalue weighted by Crippen LogP contribution is 2.42. The van der Waals surface area contributed by atoms with Crippen LogP contribution in [0.3, 0.4) is 0 Å². The predicted octanol–water partition coefficient (Wildman–Crippen LogP) is 8.35. The summed E-state index contributed by atoms with van der Waals surface area (Å²) in [6.45, 7) is 5.13. The number of hydrogen-bond acceptors (Lipinski definition) is 4. The molecule has 3 rings (SSSR count). The number of carbonyl (C=O) groups excluding carboxylic acids is 2. The van der Waals surface area contributed by atoms with Gasteiger partial charge in [-0.1, -0.05) is 90.2 Å². The van der Waals surface area contributed by atoms with Gasteiger partial charge in [0.15, 0.2) is 0 Å². The Bertz CT molecular complexity index is 968. The van der Waals surface area contributed by atoms with E-state index in [1.807, 2.05) is 41.3 Å². The average Bonchev–Trinajstić information content (AvgIpc) is 2.94. The van der Waals surface area contributed by atoms with Crippen molar-refractivity contribution in [1.82, 2.24) is 9.97 Å². The van der Waals surface area contributed by atoms with Crippen molar-refractivity contribution in [2.45, 2.75) is 117 Å². The summed E-state index contributed by atoms with van der Waals surface area (Å²) in [4.78, 5) is 37.2. The maximum Gasteiger partial charge on any atom is 0.229 e. The first-order valence-corrected chi connectivity index (χ1v) is 15.5. The van der Waals surface area contributed by atoms with Crippen LogP contribution in [0, 0.1) is 11.3 Å². The third kappa shape index (κ3) is 10.4. The molecule has 2 aromatic rings. The molecule has 0 aliphatic heterocycles. The lowest BCUT2D eigenvalue weighted by Crippen LogP contribution is -2.37. The molecule has 1 aliphatic rings. The highest BCUT2D eigenvalue weighted by molar-refractivity contribution is 5.92. The van der Waals surface area contributed by atoms with E-state index in [0.717, 1.165) is 57.2 Å². The molecule has 0 aromatic carbocycles. The molecule has 1 saturated carbocycles. The van der Waals surface area contributed by atoms with E-state index < -0.39 is 0 Å². The summed E-state index contributed by atoms with van der Waals surface area (Å²) in [5, 5.41) is 3.13. The maximum absolute atomic E-state index is 13.6. The molecule has 39 heavy (non-hydrogen) atoms. The van der Waals surface area contributed by atoms with Crippen LogP contribution in [0.4, 0.5) is 11.6 Å². The first-order valence-electron chi connectivity index (χ1n) is 15.5. The standard InChI is InChI=1S/C33H50N4O2/c1-3-27-37(30-21-14-18-26-35-30)31(38)22-12-10-16-24-33(2)23-15-9-7-5-4-6-8-11-19-28(33)32(39)36-29-20-13-17-25-34-29/h13-14,17-18,20-21,25-26,28H,3-12,15-16,19,22-24,27H2,1-2H3,(H,34,36,39). The Morgan fingerprint density at radius 3 is 2.26 bits per heavy atom. The summed E-state index contributed by atoms with van der Waals surface area (Å²) < 4.78 is 0. The van der Waals surface area contributed by atoms with Crippen LogP contribution in [0.2, 0.25) is 0 Å². The van der Waals surface area contributed by atoms with Gasteiger partial charge in [-0.2, -0.15) is 0 Å². The topological polar surface area (TPSA) is 75.2 Å². The van der Waals surface area contributed by atoms with Crippen molar-refractivity contribution in [3.8, 4) is 0 Å². The van der Waals surface area contributed by atoms with E-state index in [1.165, 1.54) is 44.9 Å². The zero-order chi connectivity index (χ0) is 27.8. The summed E-state index contributed by atoms with van der Waals surface area (Å²) in [6, 6.07) is 11.4. The molecule has 0 radical (unpaired) electrons. The van der Waals surface area contributed by atoms with Gasteiger partial charge in [-0.3, -0.25) is 14.5 Å². The van der Waals surface area contributed by atoms with Crippen molar-refractivity contribution in [3.05, 3.63) is 48.8 Å². The summed E-state index contributed by atoms with van der Waals surface area (Å²) in [5.41, 5.74) is -0.0513. The van der Waals surface area contributed by atoms with Gasteiger partial charge in [0.2, 0.25) is 11.8 Å². The number of aromatic nitrogens is 2. The molecule has 1 fully saturated rings. The molecule has 2 heterocycles. The monoisotopic (exact) mass is 534 g/mol. The molecule has 2 aromatic heterocycles. The van der Waals surface area contributed by atoms with Gasteiger partial charge >= 0.3 is 0 Å². The minimum atomic E-state index is -0.0513. The number of carbonyl (C=O) groups is 2. The Labute approximate surface area is 236 Å². The number of rotatable bonds is 11. The molecule has 2 unspecified atom stereocenters. The third-order valence-corrected chi connectivity index (χ3v) is 8.38. The zero-order valence-corrected chi connectivity index (χ0v) is 24.4. The van der Waals surface area contributed by atoms with Crippen LogP contribution in [-0.2, 0) is 9.59 Å². The lowest BCUT2D eigenvalue weighted by atomic mass is 9.67. The van der Waals surface area contributed by atoms with E-state index in [1.54, 1.807) is 12.4 Å². The summed E-state index contributed by atoms with van der Waals surface area (Å²) in [7, 11) is 0. The van der Waals surface area contributed by atoms with Crippen molar-refractivity contribution < 1.29 is 9.59 Å². The number of nitrogens with zero attached hydrogens (tertiary/aromatic N) is 3. The third-order valence-electron chi connectivity index (χ3n) is 8.38. The first-order chi connectivity index (χ1) is 19.0. The Morgan fingerprint density at radius 1 is 0.897 bits per heavy atom. The summed E-state index contributed by atoms with van der Waals surface area (Å²) in [6.07, 6.45) is 20.8. The van der Waals surface area contributed by atoms with Gasteiger partial charge in [0.1, 0.15) is 11.6 Å². The number of amides is 2. The minimum absolute atomic E-state index is 0.0234. The molecule has 1 N–H and O–H groups in total. The lowest BCUT2D eigenvalue weighted by molar-refractivity contribution is -0.124. The van der Waals surface area contributed by atoms with Crippen LogP contribution in [0.5, 0.6) is 0 Å². The van der Waals surface area contributed by atoms with E-state index >= 15 is 0 Å². The molecule has 2 amide bonds. The molecule has 1 aliphatic carbocycles. The molecule has 0 spiro atoms. The number of nitrogens with one attached hydrogen (secondary N) is 1. The van der Waals surface area contributed by atoms with Gasteiger partial charge in [-0.15, -0.1) is 0 Å². The van der Waals surface area contributed by atoms with Crippen LogP contribution >= 0.6 is 0 Å². The average molecular weight is 535 g/mol. The first kappa shape index (κ1) is 30.8. The molecule has 6 heteroatoms. The van der Waals surface area contributed by atoms with Gasteiger partial charge in [0, 0.05) is 31.3 Å².